The summed E-state index contributed by atoms with van der Waals surface area (Å²) < 4.78 is 35.7. The third-order valence-corrected chi connectivity index (χ3v) is 6.59. The van der Waals surface area contributed by atoms with E-state index in [0.717, 1.165) is 11.8 Å². The van der Waals surface area contributed by atoms with Gasteiger partial charge < -0.3 is 19.1 Å². The summed E-state index contributed by atoms with van der Waals surface area (Å²) >= 11 is 0.910. The van der Waals surface area contributed by atoms with Crippen molar-refractivity contribution in [2.75, 3.05) is 6.61 Å². The van der Waals surface area contributed by atoms with Gasteiger partial charge in [0.2, 0.25) is 5.12 Å². The van der Waals surface area contributed by atoms with E-state index in [9.17, 15) is 14.2 Å². The molecule has 0 fully saturated rings. The van der Waals surface area contributed by atoms with Crippen LogP contribution in [0.5, 0.6) is 11.5 Å². The Hall–Kier alpha value is -3.26. The van der Waals surface area contributed by atoms with Gasteiger partial charge in [-0.2, -0.15) is 0 Å². The number of benzene rings is 3. The number of phosphoric acid groups is 1. The minimum Gasteiger partial charge on any atom is -0.444 e. The van der Waals surface area contributed by atoms with Crippen LogP contribution < -0.4 is 14.4 Å². The third-order valence-electron chi connectivity index (χ3n) is 4.26. The van der Waals surface area contributed by atoms with Crippen molar-refractivity contribution in [3.05, 3.63) is 91.0 Å². The average Bonchev–Trinajstić information content (AvgIpc) is 2.82. The summed E-state index contributed by atoms with van der Waals surface area (Å²) in [6.45, 7) is 4.62. The Labute approximate surface area is 214 Å². The number of hydrogen-bond acceptors (Lipinski definition) is 8. The molecule has 190 valence electrons. The van der Waals surface area contributed by atoms with Crippen LogP contribution in [-0.4, -0.2) is 29.5 Å². The van der Waals surface area contributed by atoms with E-state index in [2.05, 4.69) is 5.32 Å². The number of alkyl carbamates (subject to hydrolysis) is 1. The lowest BCUT2D eigenvalue weighted by Gasteiger charge is -2.24. The van der Waals surface area contributed by atoms with E-state index in [1.165, 1.54) is 0 Å². The highest BCUT2D eigenvalue weighted by Crippen LogP contribution is 2.49. The van der Waals surface area contributed by atoms with E-state index in [-0.39, 0.29) is 11.5 Å². The van der Waals surface area contributed by atoms with Gasteiger partial charge in [-0.25, -0.2) is 9.36 Å². The highest BCUT2D eigenvalue weighted by molar-refractivity contribution is 8.13. The van der Waals surface area contributed by atoms with Crippen LogP contribution in [0.1, 0.15) is 20.8 Å². The fraction of sp³-hybridized carbons (Fsp3) is 0.231. The molecule has 0 aromatic heterocycles. The van der Waals surface area contributed by atoms with Crippen LogP contribution >= 0.6 is 19.6 Å². The Morgan fingerprint density at radius 1 is 0.833 bits per heavy atom. The second kappa shape index (κ2) is 12.6. The van der Waals surface area contributed by atoms with Gasteiger partial charge in [-0.3, -0.25) is 9.32 Å². The largest absolute Gasteiger partial charge is 0.587 e. The maximum Gasteiger partial charge on any atom is 0.587 e. The van der Waals surface area contributed by atoms with Gasteiger partial charge in [0.05, 0.1) is 6.61 Å². The topological polar surface area (TPSA) is 100 Å². The van der Waals surface area contributed by atoms with Crippen LogP contribution in [0.3, 0.4) is 0 Å². The van der Waals surface area contributed by atoms with Crippen molar-refractivity contribution in [2.24, 2.45) is 0 Å². The van der Waals surface area contributed by atoms with Crippen molar-refractivity contribution >= 4 is 30.8 Å². The molecule has 1 atom stereocenters. The van der Waals surface area contributed by atoms with Crippen LogP contribution in [0.4, 0.5) is 4.79 Å². The lowest BCUT2D eigenvalue weighted by atomic mass is 10.2. The number of carbonyl (C=O) groups is 2. The molecular formula is C26H28NO7PS. The molecule has 0 aliphatic rings. The number of rotatable bonds is 10. The molecule has 0 unspecified atom stereocenters. The maximum atomic E-state index is 13.6. The molecule has 3 rings (SSSR count). The lowest BCUT2D eigenvalue weighted by molar-refractivity contribution is -0.113. The number of thioether (sulfide) groups is 1. The van der Waals surface area contributed by atoms with Gasteiger partial charge in [0.25, 0.3) is 0 Å². The number of phosphoric ester groups is 1. The number of nitrogens with one attached hydrogen (secondary N) is 1. The van der Waals surface area contributed by atoms with Gasteiger partial charge in [0.15, 0.2) is 0 Å². The van der Waals surface area contributed by atoms with E-state index in [1.807, 2.05) is 6.07 Å². The first-order chi connectivity index (χ1) is 17.1. The monoisotopic (exact) mass is 529 g/mol. The number of hydrogen-bond donors (Lipinski definition) is 1. The number of ether oxygens (including phenoxy) is 1. The molecule has 0 saturated heterocycles. The molecule has 3 aromatic carbocycles. The summed E-state index contributed by atoms with van der Waals surface area (Å²) in [6, 6.07) is 24.5. The molecule has 0 aliphatic heterocycles. The Morgan fingerprint density at radius 2 is 1.31 bits per heavy atom. The Balaban J connectivity index is 1.80. The Kier molecular flexibility index (Phi) is 9.58. The summed E-state index contributed by atoms with van der Waals surface area (Å²) in [4.78, 5) is 26.2. The first-order valence-corrected chi connectivity index (χ1v) is 13.4. The second-order valence-electron chi connectivity index (χ2n) is 8.48. The van der Waals surface area contributed by atoms with Crippen LogP contribution in [0.25, 0.3) is 0 Å². The molecule has 0 spiro atoms. The van der Waals surface area contributed by atoms with Crippen LogP contribution in [-0.2, 0) is 18.6 Å². The zero-order valence-electron chi connectivity index (χ0n) is 20.2. The first-order valence-electron chi connectivity index (χ1n) is 11.1. The van der Waals surface area contributed by atoms with Gasteiger partial charge in [-0.1, -0.05) is 54.6 Å². The summed E-state index contributed by atoms with van der Waals surface area (Å²) in [7, 11) is -4.28. The normalized spacial score (nSPS) is 12.3. The molecule has 0 heterocycles. The fourth-order valence-corrected chi connectivity index (χ4v) is 4.78. The second-order valence-corrected chi connectivity index (χ2v) is 11.1. The molecule has 0 bridgehead atoms. The molecule has 1 N–H and O–H groups in total. The predicted molar refractivity (Wildman–Crippen MR) is 138 cm³/mol. The van der Waals surface area contributed by atoms with E-state index in [0.29, 0.717) is 4.90 Å². The highest BCUT2D eigenvalue weighted by Gasteiger charge is 2.35. The van der Waals surface area contributed by atoms with E-state index in [4.69, 9.17) is 18.3 Å². The van der Waals surface area contributed by atoms with Crippen molar-refractivity contribution < 1.29 is 32.5 Å². The summed E-state index contributed by atoms with van der Waals surface area (Å²) in [5.41, 5.74) is -0.784. The smallest absolute Gasteiger partial charge is 0.444 e. The van der Waals surface area contributed by atoms with E-state index < -0.39 is 37.3 Å². The van der Waals surface area contributed by atoms with Gasteiger partial charge in [0, 0.05) is 4.90 Å². The van der Waals surface area contributed by atoms with Crippen LogP contribution in [0.2, 0.25) is 0 Å². The van der Waals surface area contributed by atoms with E-state index in [1.54, 1.807) is 106 Å². The molecule has 8 nitrogen and oxygen atoms in total. The Morgan fingerprint density at radius 3 is 1.78 bits per heavy atom. The van der Waals surface area contributed by atoms with Crippen molar-refractivity contribution in [3.63, 3.8) is 0 Å². The predicted octanol–water partition coefficient (Wildman–Crippen LogP) is 6.48. The fourth-order valence-electron chi connectivity index (χ4n) is 2.75. The zero-order valence-corrected chi connectivity index (χ0v) is 21.9. The molecule has 0 radical (unpaired) electrons. The molecular weight excluding hydrogens is 501 g/mol. The summed E-state index contributed by atoms with van der Waals surface area (Å²) in [5, 5.41) is 2.06. The molecule has 1 amide bonds. The number of carbonyl (C=O) groups excluding carboxylic acids is 2. The highest BCUT2D eigenvalue weighted by atomic mass is 32.2. The van der Waals surface area contributed by atoms with Crippen molar-refractivity contribution in [1.29, 1.82) is 0 Å². The average molecular weight is 530 g/mol. The van der Waals surface area contributed by atoms with E-state index >= 15 is 0 Å². The van der Waals surface area contributed by atoms with Crippen LogP contribution in [0.15, 0.2) is 95.9 Å². The van der Waals surface area contributed by atoms with Gasteiger partial charge in [-0.05, 0) is 68.9 Å². The SMILES string of the molecule is CC(C)(C)OC(=O)N[C@@H](COP(=O)(Oc1ccccc1)Oc1ccccc1)C(=O)Sc1ccccc1. The zero-order chi connectivity index (χ0) is 26.0. The van der Waals surface area contributed by atoms with Gasteiger partial charge >= 0.3 is 13.9 Å². The van der Waals surface area contributed by atoms with Crippen molar-refractivity contribution in [1.82, 2.24) is 5.32 Å². The van der Waals surface area contributed by atoms with Gasteiger partial charge in [0.1, 0.15) is 23.1 Å². The first kappa shape index (κ1) is 27.3. The quantitative estimate of drug-likeness (QED) is 0.235. The molecule has 0 aliphatic carbocycles. The molecule has 0 saturated carbocycles. The number of amides is 1. The molecule has 36 heavy (non-hydrogen) atoms. The van der Waals surface area contributed by atoms with Crippen molar-refractivity contribution in [3.8, 4) is 11.5 Å². The minimum absolute atomic E-state index is 0.249. The summed E-state index contributed by atoms with van der Waals surface area (Å²) in [5.74, 6) is 0.497. The number of para-hydroxylation sites is 2. The lowest BCUT2D eigenvalue weighted by Crippen LogP contribution is -2.45. The summed E-state index contributed by atoms with van der Waals surface area (Å²) in [6.07, 6.45) is -0.819. The molecule has 10 heteroatoms. The van der Waals surface area contributed by atoms with Crippen molar-refractivity contribution in [2.45, 2.75) is 37.3 Å². The van der Waals surface area contributed by atoms with Crippen LogP contribution in [0, 0.1) is 0 Å². The minimum atomic E-state index is -4.28. The third kappa shape index (κ3) is 9.41. The molecule has 3 aromatic rings. The standard InChI is InChI=1S/C26H28NO7PS/c1-26(2,3)32-25(29)27-23(24(28)36-22-17-11-6-12-18-22)19-31-35(30,33-20-13-7-4-8-14-20)34-21-15-9-5-10-16-21/h4-18,23H,19H2,1-3H3,(H,27,29)/t23-/m0/s1. The van der Waals surface area contributed by atoms with Gasteiger partial charge in [-0.15, -0.1) is 0 Å². The Bertz CT molecular complexity index is 1130. The maximum absolute atomic E-state index is 13.6.